The molecule has 142 valence electrons. The molecule has 2 aromatic carbocycles. The van der Waals surface area contributed by atoms with Crippen molar-refractivity contribution in [2.75, 3.05) is 32.1 Å². The minimum absolute atomic E-state index is 0.184. The van der Waals surface area contributed by atoms with Gasteiger partial charge < -0.3 is 4.90 Å². The van der Waals surface area contributed by atoms with E-state index < -0.39 is 0 Å². The molecule has 1 amide bonds. The van der Waals surface area contributed by atoms with Gasteiger partial charge in [0, 0.05) is 17.6 Å². The summed E-state index contributed by atoms with van der Waals surface area (Å²) in [6.07, 6.45) is 0. The van der Waals surface area contributed by atoms with E-state index in [9.17, 15) is 4.79 Å². The first-order valence-corrected chi connectivity index (χ1v) is 10.6. The third-order valence-electron chi connectivity index (χ3n) is 4.09. The molecule has 0 aliphatic heterocycles. The monoisotopic (exact) mass is 485 g/mol. The molecule has 0 aliphatic carbocycles. The Labute approximate surface area is 180 Å². The van der Waals surface area contributed by atoms with Crippen LogP contribution in [-0.2, 0) is 0 Å². The first-order chi connectivity index (χ1) is 12.8. The van der Waals surface area contributed by atoms with Gasteiger partial charge in [-0.05, 0) is 50.8 Å². The molecular weight excluding hydrogens is 469 g/mol. The topological polar surface area (TPSA) is 36.4 Å². The number of likely N-dealkylation sites (N-methyl/N-ethyl adjacent to an activating group) is 1. The molecule has 1 heterocycles. The van der Waals surface area contributed by atoms with Crippen molar-refractivity contribution in [1.29, 1.82) is 0 Å². The van der Waals surface area contributed by atoms with Gasteiger partial charge in [0.2, 0.25) is 0 Å². The van der Waals surface area contributed by atoms with Gasteiger partial charge in [0.05, 0.1) is 25.8 Å². The number of nitrogens with zero attached hydrogens (tertiary/aromatic N) is 3. The largest absolute Gasteiger partial charge is 0.308 e. The lowest BCUT2D eigenvalue weighted by molar-refractivity contribution is 0.0985. The van der Waals surface area contributed by atoms with Gasteiger partial charge in [-0.1, -0.05) is 56.5 Å². The van der Waals surface area contributed by atoms with Crippen molar-refractivity contribution in [3.8, 4) is 0 Å². The van der Waals surface area contributed by atoms with E-state index in [0.29, 0.717) is 33.8 Å². The van der Waals surface area contributed by atoms with E-state index in [1.807, 2.05) is 44.1 Å². The van der Waals surface area contributed by atoms with Crippen molar-refractivity contribution in [3.05, 3.63) is 56.0 Å². The molecule has 0 aliphatic rings. The van der Waals surface area contributed by atoms with E-state index in [0.717, 1.165) is 20.3 Å². The van der Waals surface area contributed by atoms with Gasteiger partial charge in [0.1, 0.15) is 0 Å². The zero-order chi connectivity index (χ0) is 19.7. The fraction of sp³-hybridized carbons (Fsp3) is 0.263. The number of aryl methyl sites for hydroxylation is 1. The van der Waals surface area contributed by atoms with Crippen LogP contribution >= 0.6 is 50.5 Å². The van der Waals surface area contributed by atoms with Gasteiger partial charge in [-0.3, -0.25) is 9.69 Å². The van der Waals surface area contributed by atoms with Crippen molar-refractivity contribution >= 4 is 71.7 Å². The molecule has 0 spiro atoms. The van der Waals surface area contributed by atoms with Crippen LogP contribution < -0.4 is 4.90 Å². The lowest BCUT2D eigenvalue weighted by Gasteiger charge is -2.22. The van der Waals surface area contributed by atoms with Crippen LogP contribution in [0.2, 0.25) is 10.0 Å². The summed E-state index contributed by atoms with van der Waals surface area (Å²) < 4.78 is 1.68. The Morgan fingerprint density at radius 1 is 1.15 bits per heavy atom. The average molecular weight is 487 g/mol. The Hall–Kier alpha value is -1.18. The normalized spacial score (nSPS) is 11.4. The lowest BCUT2D eigenvalue weighted by atomic mass is 10.2. The maximum atomic E-state index is 13.3. The highest BCUT2D eigenvalue weighted by Crippen LogP contribution is 2.36. The number of hydrogen-bond donors (Lipinski definition) is 0. The minimum atomic E-state index is -0.184. The highest BCUT2D eigenvalue weighted by Gasteiger charge is 2.24. The number of benzene rings is 2. The quantitative estimate of drug-likeness (QED) is 0.451. The number of carbonyl (C=O) groups is 1. The smallest absolute Gasteiger partial charge is 0.261 e. The lowest BCUT2D eigenvalue weighted by Crippen LogP contribution is -2.36. The first kappa shape index (κ1) is 20.6. The predicted octanol–water partition coefficient (Wildman–Crippen LogP) is 5.88. The zero-order valence-corrected chi connectivity index (χ0v) is 19.0. The van der Waals surface area contributed by atoms with Crippen LogP contribution in [0.3, 0.4) is 0 Å². The summed E-state index contributed by atoms with van der Waals surface area (Å²) in [7, 11) is 3.93. The molecule has 0 N–H and O–H groups in total. The highest BCUT2D eigenvalue weighted by molar-refractivity contribution is 9.10. The Morgan fingerprint density at radius 2 is 1.85 bits per heavy atom. The number of hydrogen-bond acceptors (Lipinski definition) is 4. The summed E-state index contributed by atoms with van der Waals surface area (Å²) in [6.45, 7) is 3.17. The van der Waals surface area contributed by atoms with E-state index in [2.05, 4.69) is 15.9 Å². The Balaban J connectivity index is 2.08. The van der Waals surface area contributed by atoms with Gasteiger partial charge in [-0.25, -0.2) is 4.98 Å². The minimum Gasteiger partial charge on any atom is -0.308 e. The fourth-order valence-electron chi connectivity index (χ4n) is 2.60. The fourth-order valence-corrected chi connectivity index (χ4v) is 4.50. The van der Waals surface area contributed by atoms with Crippen LogP contribution in [0.1, 0.15) is 15.9 Å². The summed E-state index contributed by atoms with van der Waals surface area (Å²) in [5.74, 6) is -0.184. The number of thiazole rings is 1. The van der Waals surface area contributed by atoms with E-state index in [4.69, 9.17) is 28.2 Å². The number of halogens is 3. The second-order valence-corrected chi connectivity index (χ2v) is 9.13. The highest BCUT2D eigenvalue weighted by atomic mass is 79.9. The number of aromatic nitrogens is 1. The first-order valence-electron chi connectivity index (χ1n) is 8.25. The molecule has 0 bridgehead atoms. The zero-order valence-electron chi connectivity index (χ0n) is 15.1. The molecule has 0 saturated heterocycles. The third-order valence-corrected chi connectivity index (χ3v) is 6.45. The van der Waals surface area contributed by atoms with Crippen LogP contribution in [0.4, 0.5) is 5.13 Å². The molecule has 8 heteroatoms. The van der Waals surface area contributed by atoms with E-state index in [-0.39, 0.29) is 5.91 Å². The molecule has 27 heavy (non-hydrogen) atoms. The maximum absolute atomic E-state index is 13.3. The summed E-state index contributed by atoms with van der Waals surface area (Å²) >= 11 is 17.5. The number of anilines is 1. The second-order valence-electron chi connectivity index (χ2n) is 6.42. The van der Waals surface area contributed by atoms with E-state index in [1.54, 1.807) is 17.0 Å². The molecule has 4 nitrogen and oxygen atoms in total. The Bertz CT molecular complexity index is 967. The molecule has 0 radical (unpaired) electrons. The van der Waals surface area contributed by atoms with Crippen molar-refractivity contribution < 1.29 is 4.79 Å². The molecule has 0 unspecified atom stereocenters. The number of carbonyl (C=O) groups excluding carboxylic acids is 1. The van der Waals surface area contributed by atoms with Gasteiger partial charge in [-0.15, -0.1) is 0 Å². The number of fused-ring (bicyclic) bond motifs is 1. The SMILES string of the molecule is Cc1ccc(Cl)c2sc(N(CCN(C)C)C(=O)c3cc(Br)ccc3Cl)nc12. The molecule has 3 rings (SSSR count). The maximum Gasteiger partial charge on any atom is 0.261 e. The van der Waals surface area contributed by atoms with Crippen molar-refractivity contribution in [2.45, 2.75) is 6.92 Å². The van der Waals surface area contributed by atoms with Crippen molar-refractivity contribution in [2.24, 2.45) is 0 Å². The molecule has 1 aromatic heterocycles. The number of rotatable bonds is 5. The average Bonchev–Trinajstić information content (AvgIpc) is 3.06. The standard InChI is InChI=1S/C19H18BrCl2N3OS/c1-11-4-6-15(22)17-16(11)23-19(27-17)25(9-8-24(2)3)18(26)13-10-12(20)5-7-14(13)21/h4-7,10H,8-9H2,1-3H3. The van der Waals surface area contributed by atoms with Gasteiger partial charge in [0.25, 0.3) is 5.91 Å². The molecule has 0 saturated carbocycles. The second kappa shape index (κ2) is 8.45. The predicted molar refractivity (Wildman–Crippen MR) is 119 cm³/mol. The summed E-state index contributed by atoms with van der Waals surface area (Å²) in [4.78, 5) is 21.7. The molecular formula is C19H18BrCl2N3OS. The van der Waals surface area contributed by atoms with Gasteiger partial charge >= 0.3 is 0 Å². The molecule has 0 fully saturated rings. The summed E-state index contributed by atoms with van der Waals surface area (Å²) in [5, 5.41) is 1.66. The van der Waals surface area contributed by atoms with E-state index in [1.165, 1.54) is 11.3 Å². The van der Waals surface area contributed by atoms with Crippen molar-refractivity contribution in [1.82, 2.24) is 9.88 Å². The summed E-state index contributed by atoms with van der Waals surface area (Å²) in [5.41, 5.74) is 2.29. The Morgan fingerprint density at radius 3 is 2.52 bits per heavy atom. The van der Waals surface area contributed by atoms with Crippen LogP contribution in [0.15, 0.2) is 34.8 Å². The van der Waals surface area contributed by atoms with Crippen LogP contribution in [0.25, 0.3) is 10.2 Å². The van der Waals surface area contributed by atoms with Crippen LogP contribution in [0, 0.1) is 6.92 Å². The third kappa shape index (κ3) is 4.46. The Kier molecular flexibility index (Phi) is 6.43. The molecule has 3 aromatic rings. The summed E-state index contributed by atoms with van der Waals surface area (Å²) in [6, 6.07) is 9.05. The van der Waals surface area contributed by atoms with Gasteiger partial charge in [-0.2, -0.15) is 0 Å². The van der Waals surface area contributed by atoms with E-state index >= 15 is 0 Å². The number of amides is 1. The van der Waals surface area contributed by atoms with Crippen LogP contribution in [-0.4, -0.2) is 43.0 Å². The van der Waals surface area contributed by atoms with Gasteiger partial charge in [0.15, 0.2) is 5.13 Å². The van der Waals surface area contributed by atoms with Crippen LogP contribution in [0.5, 0.6) is 0 Å². The molecule has 0 atom stereocenters. The van der Waals surface area contributed by atoms with Crippen molar-refractivity contribution in [3.63, 3.8) is 0 Å².